The van der Waals surface area contributed by atoms with Gasteiger partial charge in [0.2, 0.25) is 0 Å². The quantitative estimate of drug-likeness (QED) is 0.125. The summed E-state index contributed by atoms with van der Waals surface area (Å²) in [6.45, 7) is 0.317. The van der Waals surface area contributed by atoms with Crippen molar-refractivity contribution in [3.8, 4) is 17.2 Å². The number of imide groups is 1. The lowest BCUT2D eigenvalue weighted by Gasteiger charge is -2.14. The van der Waals surface area contributed by atoms with Crippen molar-refractivity contribution in [2.75, 3.05) is 20.3 Å². The number of fused-ring (bicyclic) bond motifs is 1. The highest BCUT2D eigenvalue weighted by molar-refractivity contribution is 8.18. The largest absolute Gasteiger partial charge is 0.493 e. The van der Waals surface area contributed by atoms with Gasteiger partial charge < -0.3 is 14.2 Å². The first-order valence-electron chi connectivity index (χ1n) is 12.3. The third kappa shape index (κ3) is 5.76. The van der Waals surface area contributed by atoms with Crippen LogP contribution in [-0.4, -0.2) is 41.2 Å². The van der Waals surface area contributed by atoms with Gasteiger partial charge in [0.05, 0.1) is 35.1 Å². The summed E-state index contributed by atoms with van der Waals surface area (Å²) in [6, 6.07) is 25.5. The molecule has 0 aromatic heterocycles. The fraction of sp³-hybridized carbons (Fsp3) is 0.133. The lowest BCUT2D eigenvalue weighted by molar-refractivity contribution is -0.385. The summed E-state index contributed by atoms with van der Waals surface area (Å²) in [7, 11) is 1.42. The number of hydrogen-bond acceptors (Lipinski definition) is 8. The van der Waals surface area contributed by atoms with Gasteiger partial charge in [-0.1, -0.05) is 66.7 Å². The van der Waals surface area contributed by atoms with Crippen molar-refractivity contribution >= 4 is 45.4 Å². The molecule has 10 heteroatoms. The third-order valence-electron chi connectivity index (χ3n) is 6.23. The number of nitro benzene ring substituents is 1. The van der Waals surface area contributed by atoms with Crippen LogP contribution < -0.4 is 14.2 Å². The molecular weight excluding hydrogens is 532 g/mol. The Morgan fingerprint density at radius 1 is 0.900 bits per heavy atom. The summed E-state index contributed by atoms with van der Waals surface area (Å²) >= 11 is 0.719. The summed E-state index contributed by atoms with van der Waals surface area (Å²) in [5.74, 6) is 0.552. The molecule has 0 atom stereocenters. The summed E-state index contributed by atoms with van der Waals surface area (Å²) in [4.78, 5) is 38.2. The molecule has 1 fully saturated rings. The van der Waals surface area contributed by atoms with Crippen LogP contribution in [0.2, 0.25) is 0 Å². The van der Waals surface area contributed by atoms with E-state index >= 15 is 0 Å². The predicted molar refractivity (Wildman–Crippen MR) is 153 cm³/mol. The molecule has 4 aromatic rings. The molecule has 0 bridgehead atoms. The Kier molecular flexibility index (Phi) is 7.97. The summed E-state index contributed by atoms with van der Waals surface area (Å²) in [6.07, 6.45) is 1.33. The van der Waals surface area contributed by atoms with E-state index in [1.807, 2.05) is 72.8 Å². The molecule has 0 radical (unpaired) electrons. The molecule has 202 valence electrons. The average Bonchev–Trinajstić information content (AvgIpc) is 3.24. The molecule has 40 heavy (non-hydrogen) atoms. The number of carbonyl (C=O) groups is 2. The molecule has 0 unspecified atom stereocenters. The number of rotatable bonds is 10. The van der Waals surface area contributed by atoms with Crippen LogP contribution >= 0.6 is 11.8 Å². The van der Waals surface area contributed by atoms with E-state index in [1.165, 1.54) is 25.3 Å². The fourth-order valence-electron chi connectivity index (χ4n) is 4.25. The maximum atomic E-state index is 13.1. The van der Waals surface area contributed by atoms with Crippen LogP contribution in [0.4, 0.5) is 10.5 Å². The van der Waals surface area contributed by atoms with E-state index in [0.717, 1.165) is 33.0 Å². The number of benzene rings is 4. The molecule has 1 aliphatic rings. The van der Waals surface area contributed by atoms with E-state index in [2.05, 4.69) is 0 Å². The van der Waals surface area contributed by atoms with Gasteiger partial charge in [0.1, 0.15) is 19.0 Å². The minimum absolute atomic E-state index is 0.0307. The molecule has 0 spiro atoms. The minimum atomic E-state index is -0.567. The lowest BCUT2D eigenvalue weighted by Crippen LogP contribution is -2.32. The van der Waals surface area contributed by atoms with E-state index in [0.29, 0.717) is 5.75 Å². The van der Waals surface area contributed by atoms with Gasteiger partial charge in [-0.3, -0.25) is 24.6 Å². The highest BCUT2D eigenvalue weighted by Crippen LogP contribution is 2.39. The smallest absolute Gasteiger partial charge is 0.293 e. The number of hydrogen-bond donors (Lipinski definition) is 0. The Morgan fingerprint density at radius 3 is 2.42 bits per heavy atom. The number of carbonyl (C=O) groups excluding carboxylic acids is 2. The predicted octanol–water partition coefficient (Wildman–Crippen LogP) is 6.45. The highest BCUT2D eigenvalue weighted by atomic mass is 32.2. The van der Waals surface area contributed by atoms with Crippen LogP contribution in [0.25, 0.3) is 16.8 Å². The minimum Gasteiger partial charge on any atom is -0.493 e. The fourth-order valence-corrected chi connectivity index (χ4v) is 5.10. The number of methoxy groups -OCH3 is 1. The van der Waals surface area contributed by atoms with Gasteiger partial charge in [-0.15, -0.1) is 0 Å². The van der Waals surface area contributed by atoms with Gasteiger partial charge >= 0.3 is 0 Å². The molecule has 0 saturated carbocycles. The van der Waals surface area contributed by atoms with Crippen molar-refractivity contribution in [2.45, 2.75) is 6.61 Å². The Balaban J connectivity index is 1.32. The van der Waals surface area contributed by atoms with Crippen LogP contribution in [0.5, 0.6) is 17.2 Å². The highest BCUT2D eigenvalue weighted by Gasteiger charge is 2.35. The molecule has 1 saturated heterocycles. The van der Waals surface area contributed by atoms with Crippen LogP contribution in [0.1, 0.15) is 11.1 Å². The molecular formula is C30H24N2O7S. The SMILES string of the molecule is COc1cc(/C=C2\SC(=O)N(CCOc3cccc4ccccc34)C2=O)c([N+](=O)[O-])cc1OCc1ccccc1. The van der Waals surface area contributed by atoms with Crippen molar-refractivity contribution in [1.29, 1.82) is 0 Å². The van der Waals surface area contributed by atoms with Gasteiger partial charge in [0, 0.05) is 5.39 Å². The normalized spacial score (nSPS) is 14.1. The van der Waals surface area contributed by atoms with Crippen LogP contribution in [-0.2, 0) is 11.4 Å². The van der Waals surface area contributed by atoms with Gasteiger partial charge in [-0.25, -0.2) is 0 Å². The maximum absolute atomic E-state index is 13.1. The zero-order valence-corrected chi connectivity index (χ0v) is 22.3. The second kappa shape index (κ2) is 11.9. The zero-order valence-electron chi connectivity index (χ0n) is 21.4. The van der Waals surface area contributed by atoms with Crippen molar-refractivity contribution in [3.63, 3.8) is 0 Å². The Hall–Kier alpha value is -4.83. The molecule has 1 aliphatic heterocycles. The summed E-state index contributed by atoms with van der Waals surface area (Å²) in [5, 5.41) is 13.4. The van der Waals surface area contributed by atoms with Crippen molar-refractivity contribution in [1.82, 2.24) is 4.90 Å². The van der Waals surface area contributed by atoms with Gasteiger partial charge in [-0.05, 0) is 40.9 Å². The van der Waals surface area contributed by atoms with E-state index in [9.17, 15) is 19.7 Å². The topological polar surface area (TPSA) is 108 Å². The molecule has 4 aromatic carbocycles. The van der Waals surface area contributed by atoms with Gasteiger partial charge in [0.15, 0.2) is 11.5 Å². The monoisotopic (exact) mass is 556 g/mol. The third-order valence-corrected chi connectivity index (χ3v) is 7.14. The van der Waals surface area contributed by atoms with E-state index in [4.69, 9.17) is 14.2 Å². The molecule has 5 rings (SSSR count). The summed E-state index contributed by atoms with van der Waals surface area (Å²) in [5.41, 5.74) is 0.718. The maximum Gasteiger partial charge on any atom is 0.293 e. The van der Waals surface area contributed by atoms with Crippen LogP contribution in [0.3, 0.4) is 0 Å². The van der Waals surface area contributed by atoms with E-state index in [-0.39, 0.29) is 47.4 Å². The molecule has 1 heterocycles. The first-order valence-corrected chi connectivity index (χ1v) is 13.2. The van der Waals surface area contributed by atoms with Gasteiger partial charge in [0.25, 0.3) is 16.8 Å². The first-order chi connectivity index (χ1) is 19.4. The first kappa shape index (κ1) is 26.8. The second-order valence-corrected chi connectivity index (χ2v) is 9.75. The number of ether oxygens (including phenoxy) is 3. The lowest BCUT2D eigenvalue weighted by atomic mass is 10.1. The Morgan fingerprint density at radius 2 is 1.65 bits per heavy atom. The summed E-state index contributed by atoms with van der Waals surface area (Å²) < 4.78 is 17.1. The van der Waals surface area contributed by atoms with Gasteiger partial charge in [-0.2, -0.15) is 0 Å². The number of nitro groups is 1. The number of thioether (sulfide) groups is 1. The van der Waals surface area contributed by atoms with Crippen molar-refractivity contribution in [3.05, 3.63) is 111 Å². The van der Waals surface area contributed by atoms with E-state index in [1.54, 1.807) is 0 Å². The Bertz CT molecular complexity index is 1620. The zero-order chi connectivity index (χ0) is 28.1. The second-order valence-electron chi connectivity index (χ2n) is 8.75. The van der Waals surface area contributed by atoms with Crippen molar-refractivity contribution in [2.24, 2.45) is 0 Å². The van der Waals surface area contributed by atoms with Crippen molar-refractivity contribution < 1.29 is 28.7 Å². The standard InChI is InChI=1S/C30H24N2O7S/c1-37-26-16-22(24(32(35)36)18-27(26)39-19-20-8-3-2-4-9-20)17-28-29(33)31(30(34)40-28)14-15-38-25-13-7-11-21-10-5-6-12-23(21)25/h2-13,16-18H,14-15,19H2,1H3/b28-17-. The van der Waals surface area contributed by atoms with Crippen LogP contribution in [0, 0.1) is 10.1 Å². The molecule has 2 amide bonds. The average molecular weight is 557 g/mol. The molecule has 0 aliphatic carbocycles. The van der Waals surface area contributed by atoms with E-state index < -0.39 is 16.1 Å². The molecule has 9 nitrogen and oxygen atoms in total. The Labute approximate surface area is 234 Å². The van der Waals surface area contributed by atoms with Crippen LogP contribution in [0.15, 0.2) is 89.8 Å². The molecule has 0 N–H and O–H groups in total. The number of nitrogens with zero attached hydrogens (tertiary/aromatic N) is 2. The number of amides is 2.